The molecule has 2 aromatic carbocycles. The molecule has 1 saturated heterocycles. The Labute approximate surface area is 175 Å². The molecule has 1 aliphatic heterocycles. The number of nitrogens with one attached hydrogen (secondary N) is 1. The van der Waals surface area contributed by atoms with Crippen LogP contribution >= 0.6 is 0 Å². The van der Waals surface area contributed by atoms with Crippen molar-refractivity contribution in [2.45, 2.75) is 44.0 Å². The molecule has 1 heterocycles. The van der Waals surface area contributed by atoms with Gasteiger partial charge in [-0.3, -0.25) is 0 Å². The fraction of sp³-hybridized carbons (Fsp3) is 0.478. The Balaban J connectivity index is 1.58. The van der Waals surface area contributed by atoms with E-state index in [0.29, 0.717) is 19.3 Å². The van der Waals surface area contributed by atoms with E-state index in [-0.39, 0.29) is 11.4 Å². The summed E-state index contributed by atoms with van der Waals surface area (Å²) in [6.45, 7) is 7.75. The van der Waals surface area contributed by atoms with Crippen LogP contribution in [0.2, 0.25) is 0 Å². The molecule has 1 aliphatic rings. The third-order valence-corrected chi connectivity index (χ3v) is 7.05. The molecule has 0 bridgehead atoms. The zero-order valence-electron chi connectivity index (χ0n) is 17.4. The van der Waals surface area contributed by atoms with Crippen LogP contribution in [-0.4, -0.2) is 52.2 Å². The summed E-state index contributed by atoms with van der Waals surface area (Å²) in [5.74, 6) is 0. The van der Waals surface area contributed by atoms with Crippen LogP contribution in [-0.2, 0) is 21.2 Å². The van der Waals surface area contributed by atoms with Gasteiger partial charge in [0.25, 0.3) is 0 Å². The first kappa shape index (κ1) is 22.0. The summed E-state index contributed by atoms with van der Waals surface area (Å²) in [5, 5.41) is 0. The SMILES string of the molecule is CCOCCNS(=O)(=O)c1ccc(-c2ccc(CCN3CCC[C@H]3C)cc2)cc1. The summed E-state index contributed by atoms with van der Waals surface area (Å²) in [6.07, 6.45) is 3.69. The zero-order chi connectivity index (χ0) is 20.7. The normalized spacial score (nSPS) is 17.7. The monoisotopic (exact) mass is 416 g/mol. The minimum Gasteiger partial charge on any atom is -0.380 e. The van der Waals surface area contributed by atoms with Gasteiger partial charge in [-0.25, -0.2) is 13.1 Å². The number of rotatable bonds is 10. The highest BCUT2D eigenvalue weighted by molar-refractivity contribution is 7.89. The first-order valence-corrected chi connectivity index (χ1v) is 12.0. The van der Waals surface area contributed by atoms with Gasteiger partial charge in [0.2, 0.25) is 10.0 Å². The molecule has 2 aromatic rings. The number of likely N-dealkylation sites (tertiary alicyclic amines) is 1. The van der Waals surface area contributed by atoms with E-state index in [2.05, 4.69) is 40.8 Å². The summed E-state index contributed by atoms with van der Waals surface area (Å²) < 4.78 is 32.4. The number of ether oxygens (including phenoxy) is 1. The second-order valence-electron chi connectivity index (χ2n) is 7.59. The van der Waals surface area contributed by atoms with E-state index in [4.69, 9.17) is 4.74 Å². The van der Waals surface area contributed by atoms with Gasteiger partial charge < -0.3 is 9.64 Å². The van der Waals surface area contributed by atoms with Gasteiger partial charge >= 0.3 is 0 Å². The van der Waals surface area contributed by atoms with Crippen LogP contribution in [0.1, 0.15) is 32.3 Å². The molecule has 0 aromatic heterocycles. The van der Waals surface area contributed by atoms with E-state index in [9.17, 15) is 8.42 Å². The van der Waals surface area contributed by atoms with Crippen LogP contribution in [0.25, 0.3) is 11.1 Å². The topological polar surface area (TPSA) is 58.6 Å². The lowest BCUT2D eigenvalue weighted by molar-refractivity contribution is 0.153. The molecule has 1 atom stereocenters. The molecule has 0 radical (unpaired) electrons. The molecular formula is C23H32N2O3S. The third-order valence-electron chi connectivity index (χ3n) is 5.57. The van der Waals surface area contributed by atoms with Crippen molar-refractivity contribution in [2.24, 2.45) is 0 Å². The van der Waals surface area contributed by atoms with E-state index >= 15 is 0 Å². The first-order chi connectivity index (χ1) is 14.0. The van der Waals surface area contributed by atoms with Crippen molar-refractivity contribution in [3.05, 3.63) is 54.1 Å². The van der Waals surface area contributed by atoms with Crippen LogP contribution in [0.5, 0.6) is 0 Å². The molecule has 3 rings (SSSR count). The number of benzene rings is 2. The van der Waals surface area contributed by atoms with E-state index in [1.807, 2.05) is 19.1 Å². The molecule has 1 N–H and O–H groups in total. The Bertz CT molecular complexity index is 864. The average Bonchev–Trinajstić information content (AvgIpc) is 3.15. The van der Waals surface area contributed by atoms with Gasteiger partial charge in [-0.15, -0.1) is 0 Å². The van der Waals surface area contributed by atoms with Gasteiger partial charge in [-0.1, -0.05) is 36.4 Å². The maximum Gasteiger partial charge on any atom is 0.240 e. The fourth-order valence-electron chi connectivity index (χ4n) is 3.76. The molecule has 0 unspecified atom stereocenters. The Morgan fingerprint density at radius 1 is 1.07 bits per heavy atom. The maximum absolute atomic E-state index is 12.3. The summed E-state index contributed by atoms with van der Waals surface area (Å²) in [6, 6.07) is 16.3. The number of hydrogen-bond acceptors (Lipinski definition) is 4. The molecule has 29 heavy (non-hydrogen) atoms. The minimum absolute atomic E-state index is 0.272. The van der Waals surface area contributed by atoms with E-state index in [1.165, 1.54) is 24.9 Å². The van der Waals surface area contributed by atoms with Crippen LogP contribution in [0.4, 0.5) is 0 Å². The van der Waals surface area contributed by atoms with Crippen LogP contribution < -0.4 is 4.72 Å². The van der Waals surface area contributed by atoms with E-state index < -0.39 is 10.0 Å². The lowest BCUT2D eigenvalue weighted by Crippen LogP contribution is -2.28. The van der Waals surface area contributed by atoms with Crippen LogP contribution in [0.3, 0.4) is 0 Å². The summed E-state index contributed by atoms with van der Waals surface area (Å²) in [7, 11) is -3.50. The van der Waals surface area contributed by atoms with Gasteiger partial charge in [-0.05, 0) is 68.5 Å². The molecule has 0 amide bonds. The quantitative estimate of drug-likeness (QED) is 0.600. The molecule has 1 fully saturated rings. The van der Waals surface area contributed by atoms with E-state index in [0.717, 1.165) is 24.1 Å². The Kier molecular flexibility index (Phi) is 7.84. The lowest BCUT2D eigenvalue weighted by Gasteiger charge is -2.20. The van der Waals surface area contributed by atoms with Crippen molar-refractivity contribution >= 4 is 10.0 Å². The van der Waals surface area contributed by atoms with Crippen LogP contribution in [0, 0.1) is 0 Å². The highest BCUT2D eigenvalue weighted by Crippen LogP contribution is 2.23. The summed E-state index contributed by atoms with van der Waals surface area (Å²) in [4.78, 5) is 2.84. The van der Waals surface area contributed by atoms with Gasteiger partial charge in [0.1, 0.15) is 0 Å². The number of nitrogens with zero attached hydrogens (tertiary/aromatic N) is 1. The van der Waals surface area contributed by atoms with Crippen molar-refractivity contribution in [1.82, 2.24) is 9.62 Å². The lowest BCUT2D eigenvalue weighted by atomic mass is 10.0. The Morgan fingerprint density at radius 2 is 1.72 bits per heavy atom. The fourth-order valence-corrected chi connectivity index (χ4v) is 4.78. The summed E-state index contributed by atoms with van der Waals surface area (Å²) in [5.41, 5.74) is 3.44. The zero-order valence-corrected chi connectivity index (χ0v) is 18.2. The second kappa shape index (κ2) is 10.3. The van der Waals surface area contributed by atoms with Gasteiger partial charge in [0, 0.05) is 25.7 Å². The van der Waals surface area contributed by atoms with Crippen molar-refractivity contribution in [2.75, 3.05) is 32.8 Å². The molecule has 0 aliphatic carbocycles. The van der Waals surface area contributed by atoms with Crippen molar-refractivity contribution < 1.29 is 13.2 Å². The minimum atomic E-state index is -3.50. The molecule has 6 heteroatoms. The predicted molar refractivity (Wildman–Crippen MR) is 118 cm³/mol. The highest BCUT2D eigenvalue weighted by atomic mass is 32.2. The first-order valence-electron chi connectivity index (χ1n) is 10.5. The maximum atomic E-state index is 12.3. The van der Waals surface area contributed by atoms with Gasteiger partial charge in [0.05, 0.1) is 11.5 Å². The van der Waals surface area contributed by atoms with Crippen molar-refractivity contribution in [1.29, 1.82) is 0 Å². The van der Waals surface area contributed by atoms with Gasteiger partial charge in [-0.2, -0.15) is 0 Å². The molecular weight excluding hydrogens is 384 g/mol. The molecule has 158 valence electrons. The molecule has 5 nitrogen and oxygen atoms in total. The highest BCUT2D eigenvalue weighted by Gasteiger charge is 2.19. The number of hydrogen-bond donors (Lipinski definition) is 1. The van der Waals surface area contributed by atoms with Crippen molar-refractivity contribution in [3.8, 4) is 11.1 Å². The van der Waals surface area contributed by atoms with Crippen molar-refractivity contribution in [3.63, 3.8) is 0 Å². The molecule has 0 saturated carbocycles. The third kappa shape index (κ3) is 6.12. The Hall–Kier alpha value is -1.73. The Morgan fingerprint density at radius 3 is 2.31 bits per heavy atom. The molecule has 0 spiro atoms. The number of sulfonamides is 1. The second-order valence-corrected chi connectivity index (χ2v) is 9.36. The standard InChI is InChI=1S/C23H32N2O3S/c1-3-28-18-15-24-29(26,27)23-12-10-22(11-13-23)21-8-6-20(7-9-21)14-17-25-16-4-5-19(25)2/h6-13,19,24H,3-5,14-18H2,1-2H3/t19-/m1/s1. The smallest absolute Gasteiger partial charge is 0.240 e. The van der Waals surface area contributed by atoms with Crippen LogP contribution in [0.15, 0.2) is 53.4 Å². The summed E-state index contributed by atoms with van der Waals surface area (Å²) >= 11 is 0. The average molecular weight is 417 g/mol. The predicted octanol–water partition coefficient (Wildman–Crippen LogP) is 3.70. The van der Waals surface area contributed by atoms with Gasteiger partial charge in [0.15, 0.2) is 0 Å². The largest absolute Gasteiger partial charge is 0.380 e. The van der Waals surface area contributed by atoms with E-state index in [1.54, 1.807) is 12.1 Å².